The van der Waals surface area contributed by atoms with E-state index >= 15 is 0 Å². The summed E-state index contributed by atoms with van der Waals surface area (Å²) in [5, 5.41) is 7.71. The minimum Gasteiger partial charge on any atom is -0.301 e. The standard InChI is InChI=1S/C8H10F3N3O/c1-4(2)5-3-6(14-13-5)12-7(15)8(9,10)11/h3-4H,1-2H3,(H2,12,13,14,15). The minimum absolute atomic E-state index is 0.106. The number of anilines is 1. The number of rotatable bonds is 2. The van der Waals surface area contributed by atoms with E-state index in [0.717, 1.165) is 0 Å². The third-order valence-electron chi connectivity index (χ3n) is 1.72. The van der Waals surface area contributed by atoms with Gasteiger partial charge in [-0.2, -0.15) is 18.3 Å². The molecule has 1 aromatic rings. The lowest BCUT2D eigenvalue weighted by Crippen LogP contribution is -2.30. The summed E-state index contributed by atoms with van der Waals surface area (Å²) < 4.78 is 35.6. The van der Waals surface area contributed by atoms with Gasteiger partial charge in [0.05, 0.1) is 0 Å². The summed E-state index contributed by atoms with van der Waals surface area (Å²) in [4.78, 5) is 10.5. The molecule has 0 aromatic carbocycles. The van der Waals surface area contributed by atoms with Gasteiger partial charge in [0.25, 0.3) is 0 Å². The molecule has 0 atom stereocenters. The fraction of sp³-hybridized carbons (Fsp3) is 0.500. The van der Waals surface area contributed by atoms with Crippen LogP contribution >= 0.6 is 0 Å². The molecule has 0 unspecified atom stereocenters. The Morgan fingerprint density at radius 1 is 1.53 bits per heavy atom. The zero-order chi connectivity index (χ0) is 11.6. The Bertz CT molecular complexity index is 356. The van der Waals surface area contributed by atoms with E-state index in [1.807, 2.05) is 13.8 Å². The van der Waals surface area contributed by atoms with Crippen molar-refractivity contribution in [1.29, 1.82) is 0 Å². The summed E-state index contributed by atoms with van der Waals surface area (Å²) >= 11 is 0. The van der Waals surface area contributed by atoms with E-state index in [2.05, 4.69) is 10.2 Å². The first-order chi connectivity index (χ1) is 6.80. The van der Waals surface area contributed by atoms with Crippen LogP contribution in [0.5, 0.6) is 0 Å². The van der Waals surface area contributed by atoms with Crippen molar-refractivity contribution >= 4 is 11.7 Å². The highest BCUT2D eigenvalue weighted by Gasteiger charge is 2.39. The molecule has 4 nitrogen and oxygen atoms in total. The summed E-state index contributed by atoms with van der Waals surface area (Å²) in [7, 11) is 0. The van der Waals surface area contributed by atoms with Crippen molar-refractivity contribution in [2.24, 2.45) is 0 Å². The SMILES string of the molecule is CC(C)c1cc(NC(=O)C(F)(F)F)n[nH]1. The van der Waals surface area contributed by atoms with Gasteiger partial charge in [0.2, 0.25) is 0 Å². The third-order valence-corrected chi connectivity index (χ3v) is 1.72. The van der Waals surface area contributed by atoms with Crippen LogP contribution in [0.25, 0.3) is 0 Å². The molecule has 2 N–H and O–H groups in total. The molecule has 84 valence electrons. The maximum atomic E-state index is 11.9. The first kappa shape index (κ1) is 11.5. The quantitative estimate of drug-likeness (QED) is 0.802. The Balaban J connectivity index is 2.70. The van der Waals surface area contributed by atoms with Crippen molar-refractivity contribution in [1.82, 2.24) is 10.2 Å². The summed E-state index contributed by atoms with van der Waals surface area (Å²) in [6.45, 7) is 3.70. The molecule has 0 aliphatic rings. The summed E-state index contributed by atoms with van der Waals surface area (Å²) in [6, 6.07) is 1.37. The number of aromatic nitrogens is 2. The molecule has 0 saturated heterocycles. The molecule has 1 rings (SSSR count). The zero-order valence-electron chi connectivity index (χ0n) is 8.14. The Morgan fingerprint density at radius 3 is 2.53 bits per heavy atom. The molecule has 15 heavy (non-hydrogen) atoms. The molecular weight excluding hydrogens is 211 g/mol. The summed E-state index contributed by atoms with van der Waals surface area (Å²) in [5.74, 6) is -2.04. The van der Waals surface area contributed by atoms with Crippen molar-refractivity contribution in [2.75, 3.05) is 5.32 Å². The number of amides is 1. The maximum absolute atomic E-state index is 11.9. The molecule has 1 heterocycles. The molecule has 7 heteroatoms. The van der Waals surface area contributed by atoms with Crippen molar-refractivity contribution in [3.8, 4) is 0 Å². The highest BCUT2D eigenvalue weighted by Crippen LogP contribution is 2.19. The van der Waals surface area contributed by atoms with Gasteiger partial charge in [-0.25, -0.2) is 0 Å². The first-order valence-electron chi connectivity index (χ1n) is 4.24. The number of alkyl halides is 3. The molecule has 0 aliphatic heterocycles. The number of carbonyl (C=O) groups is 1. The van der Waals surface area contributed by atoms with E-state index in [0.29, 0.717) is 5.69 Å². The van der Waals surface area contributed by atoms with Crippen LogP contribution in [0.1, 0.15) is 25.5 Å². The van der Waals surface area contributed by atoms with Crippen molar-refractivity contribution < 1.29 is 18.0 Å². The lowest BCUT2D eigenvalue weighted by molar-refractivity contribution is -0.167. The largest absolute Gasteiger partial charge is 0.471 e. The summed E-state index contributed by atoms with van der Waals surface area (Å²) in [5.41, 5.74) is 0.660. The van der Waals surface area contributed by atoms with Gasteiger partial charge in [-0.1, -0.05) is 13.8 Å². The van der Waals surface area contributed by atoms with E-state index in [1.54, 1.807) is 5.32 Å². The Kier molecular flexibility index (Phi) is 3.01. The Morgan fingerprint density at radius 2 is 2.13 bits per heavy atom. The third kappa shape index (κ3) is 2.97. The van der Waals surface area contributed by atoms with Crippen LogP contribution < -0.4 is 5.32 Å². The number of hydrogen-bond acceptors (Lipinski definition) is 2. The smallest absolute Gasteiger partial charge is 0.301 e. The predicted molar refractivity (Wildman–Crippen MR) is 47.4 cm³/mol. The van der Waals surface area contributed by atoms with Crippen LogP contribution in [-0.2, 0) is 4.79 Å². The molecule has 0 saturated carbocycles. The molecule has 1 amide bonds. The van der Waals surface area contributed by atoms with Crippen LogP contribution in [0.4, 0.5) is 19.0 Å². The van der Waals surface area contributed by atoms with Crippen molar-refractivity contribution in [3.05, 3.63) is 11.8 Å². The molecule has 0 bridgehead atoms. The number of nitrogens with zero attached hydrogens (tertiary/aromatic N) is 1. The van der Waals surface area contributed by atoms with Crippen LogP contribution in [-0.4, -0.2) is 22.3 Å². The Labute approximate surface area is 83.9 Å². The van der Waals surface area contributed by atoms with Gasteiger partial charge in [0.15, 0.2) is 5.82 Å². The first-order valence-corrected chi connectivity index (χ1v) is 4.24. The lowest BCUT2D eigenvalue weighted by Gasteiger charge is -2.04. The average Bonchev–Trinajstić information content (AvgIpc) is 2.50. The predicted octanol–water partition coefficient (Wildman–Crippen LogP) is 2.03. The monoisotopic (exact) mass is 221 g/mol. The van der Waals surface area contributed by atoms with Crippen LogP contribution in [0.2, 0.25) is 0 Å². The molecule has 0 spiro atoms. The van der Waals surface area contributed by atoms with Crippen LogP contribution in [0.15, 0.2) is 6.07 Å². The number of nitrogens with one attached hydrogen (secondary N) is 2. The minimum atomic E-state index is -4.89. The number of hydrogen-bond donors (Lipinski definition) is 2. The fourth-order valence-electron chi connectivity index (χ4n) is 0.884. The van der Waals surface area contributed by atoms with Gasteiger partial charge in [-0.05, 0) is 5.92 Å². The van der Waals surface area contributed by atoms with Gasteiger partial charge in [0, 0.05) is 11.8 Å². The van der Waals surface area contributed by atoms with Crippen molar-refractivity contribution in [3.63, 3.8) is 0 Å². The van der Waals surface area contributed by atoms with E-state index in [1.165, 1.54) is 6.07 Å². The number of H-pyrrole nitrogens is 1. The van der Waals surface area contributed by atoms with Gasteiger partial charge >= 0.3 is 12.1 Å². The second-order valence-corrected chi connectivity index (χ2v) is 3.32. The summed E-state index contributed by atoms with van der Waals surface area (Å²) in [6.07, 6.45) is -4.89. The van der Waals surface area contributed by atoms with E-state index in [4.69, 9.17) is 0 Å². The lowest BCUT2D eigenvalue weighted by atomic mass is 10.1. The maximum Gasteiger partial charge on any atom is 0.471 e. The molecule has 1 aromatic heterocycles. The molecular formula is C8H10F3N3O. The van der Waals surface area contributed by atoms with Gasteiger partial charge < -0.3 is 5.32 Å². The topological polar surface area (TPSA) is 57.8 Å². The zero-order valence-corrected chi connectivity index (χ0v) is 8.14. The van der Waals surface area contributed by atoms with Crippen molar-refractivity contribution in [2.45, 2.75) is 25.9 Å². The fourth-order valence-corrected chi connectivity index (χ4v) is 0.884. The van der Waals surface area contributed by atoms with E-state index in [9.17, 15) is 18.0 Å². The molecule has 0 fully saturated rings. The average molecular weight is 221 g/mol. The molecule has 0 aliphatic carbocycles. The second kappa shape index (κ2) is 3.92. The van der Waals surface area contributed by atoms with Gasteiger partial charge in [-0.15, -0.1) is 0 Å². The van der Waals surface area contributed by atoms with Crippen LogP contribution in [0, 0.1) is 0 Å². The van der Waals surface area contributed by atoms with Crippen LogP contribution in [0.3, 0.4) is 0 Å². The van der Waals surface area contributed by atoms with Gasteiger partial charge in [0.1, 0.15) is 0 Å². The normalized spacial score (nSPS) is 11.9. The number of carbonyl (C=O) groups excluding carboxylic acids is 1. The highest BCUT2D eigenvalue weighted by molar-refractivity contribution is 5.94. The number of halogens is 3. The highest BCUT2D eigenvalue weighted by atomic mass is 19.4. The second-order valence-electron chi connectivity index (χ2n) is 3.32. The van der Waals surface area contributed by atoms with E-state index < -0.39 is 12.1 Å². The molecule has 0 radical (unpaired) electrons. The Hall–Kier alpha value is -1.53. The van der Waals surface area contributed by atoms with Gasteiger partial charge in [-0.3, -0.25) is 9.89 Å². The number of aromatic amines is 1. The van der Waals surface area contributed by atoms with E-state index in [-0.39, 0.29) is 11.7 Å².